The molecular weight excluding hydrogens is 345 g/mol. The Morgan fingerprint density at radius 1 is 1.41 bits per heavy atom. The number of nitrogens with one attached hydrogen (secondary N) is 2. The van der Waals surface area contributed by atoms with Crippen LogP contribution in [0.1, 0.15) is 35.8 Å². The van der Waals surface area contributed by atoms with Crippen molar-refractivity contribution in [3.05, 3.63) is 41.5 Å². The molecule has 1 aliphatic rings. The van der Waals surface area contributed by atoms with Crippen LogP contribution in [-0.4, -0.2) is 48.4 Å². The molecule has 1 aromatic heterocycles. The number of carbonyl (C=O) groups is 1. The number of H-pyrrole nitrogens is 1. The van der Waals surface area contributed by atoms with Gasteiger partial charge in [0.2, 0.25) is 0 Å². The number of nitrogens with two attached hydrogens (primary N) is 2. The van der Waals surface area contributed by atoms with Crippen LogP contribution in [0.15, 0.2) is 24.4 Å². The SMILES string of the molecule is CC(=O)c1[nH]c2ccc(F)cc2c1/C(N)=C/NCC1CCN(CCN)CC1. The van der Waals surface area contributed by atoms with E-state index in [-0.39, 0.29) is 11.6 Å². The first kappa shape index (κ1) is 19.4. The summed E-state index contributed by atoms with van der Waals surface area (Å²) in [5.41, 5.74) is 13.9. The predicted octanol–water partition coefficient (Wildman–Crippen LogP) is 2.03. The summed E-state index contributed by atoms with van der Waals surface area (Å²) < 4.78 is 13.7. The van der Waals surface area contributed by atoms with Crippen LogP contribution >= 0.6 is 0 Å². The lowest BCUT2D eigenvalue weighted by molar-refractivity contribution is 0.101. The Labute approximate surface area is 158 Å². The number of halogens is 1. The number of hydrogen-bond acceptors (Lipinski definition) is 5. The Bertz CT molecular complexity index is 836. The zero-order valence-corrected chi connectivity index (χ0v) is 15.7. The summed E-state index contributed by atoms with van der Waals surface area (Å²) in [7, 11) is 0. The third-order valence-corrected chi connectivity index (χ3v) is 5.22. The highest BCUT2D eigenvalue weighted by Crippen LogP contribution is 2.27. The molecule has 2 aromatic rings. The van der Waals surface area contributed by atoms with Crippen LogP contribution in [0.4, 0.5) is 4.39 Å². The Hall–Kier alpha value is -2.38. The van der Waals surface area contributed by atoms with Gasteiger partial charge in [-0.2, -0.15) is 0 Å². The molecule has 7 heteroatoms. The van der Waals surface area contributed by atoms with E-state index in [1.807, 2.05) is 0 Å². The van der Waals surface area contributed by atoms with E-state index in [2.05, 4.69) is 15.2 Å². The number of nitrogens with zero attached hydrogens (tertiary/aromatic N) is 1. The Morgan fingerprint density at radius 3 is 2.81 bits per heavy atom. The van der Waals surface area contributed by atoms with Crippen LogP contribution in [0, 0.1) is 11.7 Å². The van der Waals surface area contributed by atoms with E-state index in [1.165, 1.54) is 19.1 Å². The van der Waals surface area contributed by atoms with Gasteiger partial charge in [0.25, 0.3) is 0 Å². The van der Waals surface area contributed by atoms with Crippen LogP contribution in [-0.2, 0) is 0 Å². The summed E-state index contributed by atoms with van der Waals surface area (Å²) in [5.74, 6) is 0.0869. The maximum atomic E-state index is 13.7. The molecule has 0 bridgehead atoms. The quantitative estimate of drug-likeness (QED) is 0.557. The molecular formula is C20H28FN5O. The number of fused-ring (bicyclic) bond motifs is 1. The number of aromatic nitrogens is 1. The number of hydrogen-bond donors (Lipinski definition) is 4. The van der Waals surface area contributed by atoms with Crippen LogP contribution in [0.2, 0.25) is 0 Å². The molecule has 6 N–H and O–H groups in total. The van der Waals surface area contributed by atoms with Gasteiger partial charge in [0.15, 0.2) is 5.78 Å². The molecule has 0 atom stereocenters. The maximum absolute atomic E-state index is 13.7. The molecule has 146 valence electrons. The third kappa shape index (κ3) is 4.48. The number of ketones is 1. The van der Waals surface area contributed by atoms with Gasteiger partial charge in [0.05, 0.1) is 11.4 Å². The van der Waals surface area contributed by atoms with Crippen molar-refractivity contribution >= 4 is 22.4 Å². The zero-order chi connectivity index (χ0) is 19.4. The highest BCUT2D eigenvalue weighted by Gasteiger charge is 2.19. The fourth-order valence-electron chi connectivity index (χ4n) is 3.73. The largest absolute Gasteiger partial charge is 0.397 e. The average molecular weight is 373 g/mol. The summed E-state index contributed by atoms with van der Waals surface area (Å²) in [6, 6.07) is 4.39. The van der Waals surface area contributed by atoms with Crippen molar-refractivity contribution in [1.82, 2.24) is 15.2 Å². The van der Waals surface area contributed by atoms with Gasteiger partial charge in [0.1, 0.15) is 5.82 Å². The lowest BCUT2D eigenvalue weighted by atomic mass is 9.97. The first-order valence-electron chi connectivity index (χ1n) is 9.43. The number of aromatic amines is 1. The van der Waals surface area contributed by atoms with Crippen LogP contribution in [0.3, 0.4) is 0 Å². The molecule has 0 unspecified atom stereocenters. The molecule has 0 radical (unpaired) electrons. The number of likely N-dealkylation sites (tertiary alicyclic amines) is 1. The predicted molar refractivity (Wildman–Crippen MR) is 107 cm³/mol. The maximum Gasteiger partial charge on any atom is 0.176 e. The molecule has 1 aromatic carbocycles. The van der Waals surface area contributed by atoms with E-state index in [0.717, 1.165) is 39.0 Å². The second-order valence-electron chi connectivity index (χ2n) is 7.20. The molecule has 27 heavy (non-hydrogen) atoms. The zero-order valence-electron chi connectivity index (χ0n) is 15.7. The van der Waals surface area contributed by atoms with Crippen molar-refractivity contribution in [3.8, 4) is 0 Å². The lowest BCUT2D eigenvalue weighted by Crippen LogP contribution is -2.39. The van der Waals surface area contributed by atoms with Gasteiger partial charge in [-0.05, 0) is 50.0 Å². The Morgan fingerprint density at radius 2 is 2.15 bits per heavy atom. The monoisotopic (exact) mass is 373 g/mol. The second kappa shape index (κ2) is 8.54. The Kier molecular flexibility index (Phi) is 6.13. The van der Waals surface area contributed by atoms with Gasteiger partial charge in [-0.15, -0.1) is 0 Å². The van der Waals surface area contributed by atoms with Crippen molar-refractivity contribution in [2.75, 3.05) is 32.7 Å². The van der Waals surface area contributed by atoms with Gasteiger partial charge in [-0.1, -0.05) is 0 Å². The highest BCUT2D eigenvalue weighted by molar-refractivity contribution is 6.06. The number of piperidine rings is 1. The van der Waals surface area contributed by atoms with Crippen LogP contribution < -0.4 is 16.8 Å². The molecule has 0 aliphatic carbocycles. The molecule has 0 spiro atoms. The smallest absolute Gasteiger partial charge is 0.176 e. The van der Waals surface area contributed by atoms with E-state index in [4.69, 9.17) is 11.5 Å². The first-order valence-corrected chi connectivity index (χ1v) is 9.43. The summed E-state index contributed by atoms with van der Waals surface area (Å²) >= 11 is 0. The van der Waals surface area contributed by atoms with Gasteiger partial charge in [-0.25, -0.2) is 4.39 Å². The number of Topliss-reactive ketones (excluding diaryl/α,β-unsaturated/α-hetero) is 1. The minimum atomic E-state index is -0.358. The average Bonchev–Trinajstić information content (AvgIpc) is 3.02. The van der Waals surface area contributed by atoms with Crippen molar-refractivity contribution in [2.45, 2.75) is 19.8 Å². The van der Waals surface area contributed by atoms with E-state index >= 15 is 0 Å². The van der Waals surface area contributed by atoms with Gasteiger partial charge in [0, 0.05) is 49.2 Å². The van der Waals surface area contributed by atoms with E-state index < -0.39 is 0 Å². The molecule has 1 aliphatic heterocycles. The summed E-state index contributed by atoms with van der Waals surface area (Å²) in [4.78, 5) is 17.4. The van der Waals surface area contributed by atoms with Crippen LogP contribution in [0.5, 0.6) is 0 Å². The third-order valence-electron chi connectivity index (χ3n) is 5.22. The Balaban J connectivity index is 1.70. The molecule has 1 saturated heterocycles. The summed E-state index contributed by atoms with van der Waals surface area (Å²) in [6.45, 7) is 6.09. The first-order chi connectivity index (χ1) is 13.0. The van der Waals surface area contributed by atoms with Crippen LogP contribution in [0.25, 0.3) is 16.6 Å². The van der Waals surface area contributed by atoms with E-state index in [9.17, 15) is 9.18 Å². The lowest BCUT2D eigenvalue weighted by Gasteiger charge is -2.31. The van der Waals surface area contributed by atoms with E-state index in [1.54, 1.807) is 12.3 Å². The second-order valence-corrected chi connectivity index (χ2v) is 7.20. The number of carbonyl (C=O) groups excluding carboxylic acids is 1. The number of rotatable bonds is 7. The molecule has 1 fully saturated rings. The summed E-state index contributed by atoms with van der Waals surface area (Å²) in [6.07, 6.45) is 3.97. The van der Waals surface area contributed by atoms with E-state index in [0.29, 0.717) is 40.3 Å². The van der Waals surface area contributed by atoms with Crippen molar-refractivity contribution in [2.24, 2.45) is 17.4 Å². The van der Waals surface area contributed by atoms with Crippen molar-refractivity contribution in [1.29, 1.82) is 0 Å². The molecule has 3 rings (SSSR count). The molecule has 0 amide bonds. The minimum Gasteiger partial charge on any atom is -0.397 e. The highest BCUT2D eigenvalue weighted by atomic mass is 19.1. The molecule has 6 nitrogen and oxygen atoms in total. The summed E-state index contributed by atoms with van der Waals surface area (Å²) in [5, 5.41) is 3.90. The van der Waals surface area contributed by atoms with Crippen molar-refractivity contribution < 1.29 is 9.18 Å². The number of benzene rings is 1. The topological polar surface area (TPSA) is 100 Å². The van der Waals surface area contributed by atoms with Crippen molar-refractivity contribution in [3.63, 3.8) is 0 Å². The normalized spacial score (nSPS) is 16.8. The van der Waals surface area contributed by atoms with Gasteiger partial charge in [-0.3, -0.25) is 4.79 Å². The van der Waals surface area contributed by atoms with Gasteiger partial charge >= 0.3 is 0 Å². The fourth-order valence-corrected chi connectivity index (χ4v) is 3.73. The fraction of sp³-hybridized carbons (Fsp3) is 0.450. The molecule has 2 heterocycles. The standard InChI is InChI=1S/C20H28FN5O/c1-13(27)20-19(16-10-15(21)2-3-18(16)25-20)17(23)12-24-11-14-4-7-26(8-5-14)9-6-22/h2-3,10,12,14,24-25H,4-9,11,22-23H2,1H3/b17-12-. The van der Waals surface area contributed by atoms with Gasteiger partial charge < -0.3 is 26.7 Å². The molecule has 0 saturated carbocycles. The minimum absolute atomic E-state index is 0.134.